The summed E-state index contributed by atoms with van der Waals surface area (Å²) in [5, 5.41) is 7.69. The second kappa shape index (κ2) is 11.7. The van der Waals surface area contributed by atoms with Gasteiger partial charge in [-0.3, -0.25) is 9.79 Å². The molecule has 1 saturated carbocycles. The molecule has 1 fully saturated rings. The highest BCUT2D eigenvalue weighted by Gasteiger charge is 2.35. The molecule has 0 aliphatic heterocycles. The highest BCUT2D eigenvalue weighted by atomic mass is 127. The van der Waals surface area contributed by atoms with Crippen LogP contribution in [0.3, 0.4) is 0 Å². The van der Waals surface area contributed by atoms with Gasteiger partial charge in [-0.25, -0.2) is 0 Å². The summed E-state index contributed by atoms with van der Waals surface area (Å²) in [6.45, 7) is 1.46. The molecule has 2 aromatic rings. The van der Waals surface area contributed by atoms with Crippen LogP contribution in [0.15, 0.2) is 53.5 Å². The molecule has 1 aliphatic carbocycles. The van der Waals surface area contributed by atoms with Crippen LogP contribution in [0.4, 0.5) is 0 Å². The van der Waals surface area contributed by atoms with E-state index in [0.29, 0.717) is 12.1 Å². The summed E-state index contributed by atoms with van der Waals surface area (Å²) in [4.78, 5) is 18.0. The van der Waals surface area contributed by atoms with Crippen molar-refractivity contribution in [1.82, 2.24) is 15.5 Å². The molecule has 5 nitrogen and oxygen atoms in total. The Kier molecular flexibility index (Phi) is 9.62. The van der Waals surface area contributed by atoms with E-state index in [9.17, 15) is 4.79 Å². The molecule has 0 unspecified atom stereocenters. The van der Waals surface area contributed by atoms with E-state index < -0.39 is 0 Å². The van der Waals surface area contributed by atoms with Gasteiger partial charge in [0.25, 0.3) is 5.91 Å². The summed E-state index contributed by atoms with van der Waals surface area (Å²) >= 11 is 6.26. The van der Waals surface area contributed by atoms with Gasteiger partial charge >= 0.3 is 0 Å². The SMILES string of the molecule is CN=C(NCc1ccc(C(=O)N(C)C)cc1)NCC1(c2cccc(Cl)c2)CCCC1.I. The third-order valence-corrected chi connectivity index (χ3v) is 6.12. The van der Waals surface area contributed by atoms with E-state index in [1.54, 1.807) is 26.0 Å². The summed E-state index contributed by atoms with van der Waals surface area (Å²) < 4.78 is 0. The summed E-state index contributed by atoms with van der Waals surface area (Å²) in [6, 6.07) is 15.9. The fourth-order valence-corrected chi connectivity index (χ4v) is 4.31. The van der Waals surface area contributed by atoms with Crippen molar-refractivity contribution in [3.63, 3.8) is 0 Å². The molecule has 1 aliphatic rings. The number of nitrogens with zero attached hydrogens (tertiary/aromatic N) is 2. The molecule has 0 saturated heterocycles. The van der Waals surface area contributed by atoms with Crippen LogP contribution in [0.25, 0.3) is 0 Å². The Morgan fingerprint density at radius 1 is 1.10 bits per heavy atom. The van der Waals surface area contributed by atoms with Crippen LogP contribution in [0, 0.1) is 0 Å². The molecule has 0 aromatic heterocycles. The van der Waals surface area contributed by atoms with Crippen molar-refractivity contribution in [3.05, 3.63) is 70.2 Å². The van der Waals surface area contributed by atoms with E-state index in [1.165, 1.54) is 18.4 Å². The van der Waals surface area contributed by atoms with Crippen LogP contribution in [0.1, 0.15) is 47.2 Å². The third kappa shape index (κ3) is 6.59. The van der Waals surface area contributed by atoms with Gasteiger partial charge in [-0.15, -0.1) is 24.0 Å². The van der Waals surface area contributed by atoms with Crippen molar-refractivity contribution in [1.29, 1.82) is 0 Å². The number of halogens is 2. The second-order valence-electron chi connectivity index (χ2n) is 8.17. The fourth-order valence-electron chi connectivity index (χ4n) is 4.12. The number of rotatable bonds is 6. The van der Waals surface area contributed by atoms with Crippen molar-refractivity contribution < 1.29 is 4.79 Å². The first-order valence-corrected chi connectivity index (χ1v) is 10.8. The molecule has 0 heterocycles. The van der Waals surface area contributed by atoms with Crippen LogP contribution in [-0.2, 0) is 12.0 Å². The van der Waals surface area contributed by atoms with Gasteiger partial charge in [-0.05, 0) is 48.2 Å². The first kappa shape index (κ1) is 25.5. The van der Waals surface area contributed by atoms with Gasteiger partial charge in [0.1, 0.15) is 0 Å². The highest BCUT2D eigenvalue weighted by Crippen LogP contribution is 2.41. The van der Waals surface area contributed by atoms with Crippen LogP contribution < -0.4 is 10.6 Å². The molecule has 31 heavy (non-hydrogen) atoms. The minimum atomic E-state index is 0. The van der Waals surface area contributed by atoms with Gasteiger partial charge in [-0.2, -0.15) is 0 Å². The number of carbonyl (C=O) groups excluding carboxylic acids is 1. The lowest BCUT2D eigenvalue weighted by molar-refractivity contribution is 0.0827. The fraction of sp³-hybridized carbons (Fsp3) is 0.417. The normalized spacial score (nSPS) is 15.2. The van der Waals surface area contributed by atoms with Crippen LogP contribution in [-0.4, -0.2) is 44.5 Å². The number of benzene rings is 2. The molecule has 2 aromatic carbocycles. The number of aliphatic imine (C=N–C) groups is 1. The molecule has 0 spiro atoms. The summed E-state index contributed by atoms with van der Waals surface area (Å²) in [5.74, 6) is 0.784. The Labute approximate surface area is 207 Å². The zero-order chi connectivity index (χ0) is 21.6. The van der Waals surface area contributed by atoms with Crippen molar-refractivity contribution >= 4 is 47.4 Å². The highest BCUT2D eigenvalue weighted by molar-refractivity contribution is 14.0. The number of carbonyl (C=O) groups is 1. The Balaban J connectivity index is 0.00000341. The predicted octanol–water partition coefficient (Wildman–Crippen LogP) is 4.84. The molecule has 168 valence electrons. The lowest BCUT2D eigenvalue weighted by atomic mass is 9.79. The minimum absolute atomic E-state index is 0. The molecule has 7 heteroatoms. The maximum atomic E-state index is 12.0. The average molecular weight is 555 g/mol. The Morgan fingerprint density at radius 3 is 2.35 bits per heavy atom. The average Bonchev–Trinajstić information content (AvgIpc) is 3.24. The first-order valence-electron chi connectivity index (χ1n) is 10.4. The van der Waals surface area contributed by atoms with Crippen LogP contribution in [0.5, 0.6) is 0 Å². The van der Waals surface area contributed by atoms with E-state index in [1.807, 2.05) is 36.4 Å². The topological polar surface area (TPSA) is 56.7 Å². The van der Waals surface area contributed by atoms with E-state index >= 15 is 0 Å². The molecular weight excluding hydrogens is 523 g/mol. The van der Waals surface area contributed by atoms with E-state index in [4.69, 9.17) is 11.6 Å². The maximum absolute atomic E-state index is 12.0. The van der Waals surface area contributed by atoms with Crippen molar-refractivity contribution in [2.24, 2.45) is 4.99 Å². The standard InChI is InChI=1S/C24H31ClN4O.HI/c1-26-23(27-16-18-9-11-19(12-10-18)22(30)29(2)3)28-17-24(13-4-5-14-24)20-7-6-8-21(25)15-20;/h6-12,15H,4-5,13-14,16-17H2,1-3H3,(H2,26,27,28);1H. The molecule has 0 radical (unpaired) electrons. The van der Waals surface area contributed by atoms with Crippen LogP contribution >= 0.6 is 35.6 Å². The molecule has 2 N–H and O–H groups in total. The van der Waals surface area contributed by atoms with Gasteiger partial charge in [0.2, 0.25) is 0 Å². The number of hydrogen-bond donors (Lipinski definition) is 2. The van der Waals surface area contributed by atoms with Gasteiger partial charge < -0.3 is 15.5 Å². The quantitative estimate of drug-likeness (QED) is 0.305. The summed E-state index contributed by atoms with van der Waals surface area (Å²) in [7, 11) is 5.30. The molecule has 0 atom stereocenters. The maximum Gasteiger partial charge on any atom is 0.253 e. The number of amides is 1. The van der Waals surface area contributed by atoms with E-state index in [0.717, 1.165) is 35.9 Å². The first-order chi connectivity index (χ1) is 14.4. The molecule has 1 amide bonds. The zero-order valence-electron chi connectivity index (χ0n) is 18.5. The van der Waals surface area contributed by atoms with Crippen molar-refractivity contribution in [3.8, 4) is 0 Å². The monoisotopic (exact) mass is 554 g/mol. The van der Waals surface area contributed by atoms with Gasteiger partial charge in [0.05, 0.1) is 0 Å². The van der Waals surface area contributed by atoms with Crippen molar-refractivity contribution in [2.45, 2.75) is 37.6 Å². The minimum Gasteiger partial charge on any atom is -0.356 e. The van der Waals surface area contributed by atoms with Gasteiger partial charge in [0, 0.05) is 50.2 Å². The Hall–Kier alpha value is -1.80. The van der Waals surface area contributed by atoms with Crippen molar-refractivity contribution in [2.75, 3.05) is 27.7 Å². The van der Waals surface area contributed by atoms with Gasteiger partial charge in [-0.1, -0.05) is 48.7 Å². The van der Waals surface area contributed by atoms with Crippen LogP contribution in [0.2, 0.25) is 5.02 Å². The summed E-state index contributed by atoms with van der Waals surface area (Å²) in [6.07, 6.45) is 4.77. The zero-order valence-corrected chi connectivity index (χ0v) is 21.5. The third-order valence-electron chi connectivity index (χ3n) is 5.88. The molecular formula is C24H32ClIN4O. The lowest BCUT2D eigenvalue weighted by Crippen LogP contribution is -2.44. The Bertz CT molecular complexity index is 893. The Morgan fingerprint density at radius 2 is 1.77 bits per heavy atom. The molecule has 0 bridgehead atoms. The van der Waals surface area contributed by atoms with E-state index in [-0.39, 0.29) is 35.3 Å². The number of hydrogen-bond acceptors (Lipinski definition) is 2. The van der Waals surface area contributed by atoms with E-state index in [2.05, 4.69) is 27.8 Å². The number of nitrogens with one attached hydrogen (secondary N) is 2. The van der Waals surface area contributed by atoms with Gasteiger partial charge in [0.15, 0.2) is 5.96 Å². The summed E-state index contributed by atoms with van der Waals surface area (Å²) in [5.41, 5.74) is 3.18. The molecule has 3 rings (SSSR count). The second-order valence-corrected chi connectivity index (χ2v) is 8.61. The number of guanidine groups is 1. The lowest BCUT2D eigenvalue weighted by Gasteiger charge is -2.31. The predicted molar refractivity (Wildman–Crippen MR) is 140 cm³/mol. The largest absolute Gasteiger partial charge is 0.356 e. The smallest absolute Gasteiger partial charge is 0.253 e.